The van der Waals surface area contributed by atoms with Crippen LogP contribution in [0.4, 0.5) is 0 Å². The molecular formula is C17H21NO5S. The number of benzene rings is 2. The number of thiol groups is 1. The number of aliphatic hydroxyl groups excluding tert-OH is 1. The van der Waals surface area contributed by atoms with Gasteiger partial charge in [0.05, 0.1) is 6.10 Å². The van der Waals surface area contributed by atoms with E-state index in [1.165, 1.54) is 18.2 Å². The first-order chi connectivity index (χ1) is 11.4. The number of aliphatic hydroxyl groups is 1. The van der Waals surface area contributed by atoms with Crippen molar-refractivity contribution in [3.05, 3.63) is 41.5 Å². The van der Waals surface area contributed by atoms with Gasteiger partial charge in [-0.2, -0.15) is 0 Å². The van der Waals surface area contributed by atoms with E-state index in [1.54, 1.807) is 12.1 Å². The molecule has 0 spiro atoms. The fourth-order valence-corrected chi connectivity index (χ4v) is 6.29. The van der Waals surface area contributed by atoms with Gasteiger partial charge in [-0.1, -0.05) is 6.07 Å². The van der Waals surface area contributed by atoms with Gasteiger partial charge in [0.25, 0.3) is 0 Å². The topological polar surface area (TPSA) is 127 Å². The maximum atomic E-state index is 10.7. The Balaban J connectivity index is 2.12. The van der Waals surface area contributed by atoms with Gasteiger partial charge in [0, 0.05) is 29.8 Å². The fraction of sp³-hybridized carbons (Fsp3) is 0.294. The summed E-state index contributed by atoms with van der Waals surface area (Å²) in [6.45, 7) is 0.398. The number of hydrogen-bond acceptors (Lipinski definition) is 6. The van der Waals surface area contributed by atoms with E-state index in [1.807, 2.05) is 0 Å². The summed E-state index contributed by atoms with van der Waals surface area (Å²) in [5.74, 6) is 0.0871. The van der Waals surface area contributed by atoms with E-state index in [0.29, 0.717) is 23.4 Å². The zero-order valence-electron chi connectivity index (χ0n) is 12.9. The lowest BCUT2D eigenvalue weighted by Crippen LogP contribution is -2.28. The third kappa shape index (κ3) is 2.86. The second-order valence-corrected chi connectivity index (χ2v) is 8.33. The minimum atomic E-state index is -1.01. The molecule has 0 fully saturated rings. The van der Waals surface area contributed by atoms with Crippen LogP contribution < -0.4 is 5.73 Å². The highest BCUT2D eigenvalue weighted by molar-refractivity contribution is 8.17. The maximum Gasteiger partial charge on any atom is 0.157 e. The molecule has 1 aliphatic heterocycles. The molecule has 7 heteroatoms. The Morgan fingerprint density at radius 1 is 1.00 bits per heavy atom. The van der Waals surface area contributed by atoms with Gasteiger partial charge in [-0.3, -0.25) is 0 Å². The van der Waals surface area contributed by atoms with Crippen LogP contribution in [0.1, 0.15) is 16.4 Å². The first-order valence-corrected chi connectivity index (χ1v) is 9.23. The molecule has 1 aliphatic rings. The standard InChI is InChI=1S/C17H21NO5S/c18-3-4-24-16-7-10(19)6-13(21)11(16)8-15(23)17(24)9-1-2-12(20)14(22)5-9/h1-2,5-7,15,17,19-24H,3-4,8,18H2/t15-,17+/m1/s1. The number of rotatable bonds is 3. The Hall–Kier alpha value is -2.09. The molecule has 6 nitrogen and oxygen atoms in total. The molecule has 0 saturated heterocycles. The maximum absolute atomic E-state index is 10.7. The summed E-state index contributed by atoms with van der Waals surface area (Å²) >= 11 is 0. The van der Waals surface area contributed by atoms with Crippen LogP contribution in [0.25, 0.3) is 0 Å². The van der Waals surface area contributed by atoms with Gasteiger partial charge in [0.2, 0.25) is 0 Å². The second kappa shape index (κ2) is 6.43. The molecule has 0 amide bonds. The van der Waals surface area contributed by atoms with Crippen molar-refractivity contribution in [2.75, 3.05) is 12.3 Å². The molecule has 0 aliphatic carbocycles. The zero-order chi connectivity index (χ0) is 17.4. The van der Waals surface area contributed by atoms with Crippen LogP contribution in [0.2, 0.25) is 0 Å². The molecule has 0 radical (unpaired) electrons. The Bertz CT molecular complexity index is 767. The molecule has 3 atom stereocenters. The first kappa shape index (κ1) is 16.8. The normalized spacial score (nSPS) is 24.5. The Kier molecular flexibility index (Phi) is 4.49. The van der Waals surface area contributed by atoms with Gasteiger partial charge in [0.15, 0.2) is 11.5 Å². The number of fused-ring (bicyclic) bond motifs is 1. The van der Waals surface area contributed by atoms with E-state index in [0.717, 1.165) is 4.90 Å². The summed E-state index contributed by atoms with van der Waals surface area (Å²) in [7, 11) is -1.01. The van der Waals surface area contributed by atoms with E-state index in [-0.39, 0.29) is 34.7 Å². The molecule has 24 heavy (non-hydrogen) atoms. The van der Waals surface area contributed by atoms with E-state index < -0.39 is 17.0 Å². The Morgan fingerprint density at radius 2 is 1.75 bits per heavy atom. The monoisotopic (exact) mass is 351 g/mol. The van der Waals surface area contributed by atoms with Crippen LogP contribution in [0.5, 0.6) is 23.0 Å². The van der Waals surface area contributed by atoms with Crippen molar-refractivity contribution in [3.8, 4) is 23.0 Å². The molecular weight excluding hydrogens is 330 g/mol. The molecule has 2 aromatic carbocycles. The average molecular weight is 351 g/mol. The number of phenolic OH excluding ortho intramolecular Hbond substituents is 4. The molecule has 2 aromatic rings. The van der Waals surface area contributed by atoms with Crippen molar-refractivity contribution < 1.29 is 25.5 Å². The van der Waals surface area contributed by atoms with Gasteiger partial charge in [-0.25, -0.2) is 10.9 Å². The lowest BCUT2D eigenvalue weighted by Gasteiger charge is -2.40. The third-order valence-corrected chi connectivity index (χ3v) is 7.39. The van der Waals surface area contributed by atoms with Crippen LogP contribution in [0.15, 0.2) is 35.2 Å². The summed E-state index contributed by atoms with van der Waals surface area (Å²) in [5, 5.41) is 49.6. The highest BCUT2D eigenvalue weighted by Crippen LogP contribution is 2.58. The number of aromatic hydroxyl groups is 4. The lowest BCUT2D eigenvalue weighted by atomic mass is 9.98. The Labute approximate surface area is 142 Å². The largest absolute Gasteiger partial charge is 0.508 e. The summed E-state index contributed by atoms with van der Waals surface area (Å²) in [4.78, 5) is 0.816. The summed E-state index contributed by atoms with van der Waals surface area (Å²) in [5.41, 5.74) is 7.09. The highest BCUT2D eigenvalue weighted by atomic mass is 32.2. The molecule has 3 rings (SSSR count). The van der Waals surface area contributed by atoms with Crippen molar-refractivity contribution in [1.82, 2.24) is 0 Å². The molecule has 0 saturated carbocycles. The summed E-state index contributed by atoms with van der Waals surface area (Å²) < 4.78 is 0. The molecule has 0 bridgehead atoms. The van der Waals surface area contributed by atoms with Crippen LogP contribution in [0, 0.1) is 0 Å². The van der Waals surface area contributed by atoms with Gasteiger partial charge in [-0.05, 0) is 34.4 Å². The van der Waals surface area contributed by atoms with E-state index in [2.05, 4.69) is 0 Å². The van der Waals surface area contributed by atoms with Gasteiger partial charge in [0.1, 0.15) is 11.5 Å². The van der Waals surface area contributed by atoms with Crippen molar-refractivity contribution >= 4 is 10.9 Å². The lowest BCUT2D eigenvalue weighted by molar-refractivity contribution is 0.166. The first-order valence-electron chi connectivity index (χ1n) is 7.64. The number of phenols is 4. The van der Waals surface area contributed by atoms with Crippen molar-refractivity contribution in [2.45, 2.75) is 22.7 Å². The predicted octanol–water partition coefficient (Wildman–Crippen LogP) is 1.49. The minimum Gasteiger partial charge on any atom is -0.508 e. The van der Waals surface area contributed by atoms with Crippen LogP contribution in [-0.4, -0.2) is 43.9 Å². The second-order valence-electron chi connectivity index (χ2n) is 5.91. The van der Waals surface area contributed by atoms with Gasteiger partial charge in [-0.15, -0.1) is 0 Å². The highest BCUT2D eigenvalue weighted by Gasteiger charge is 2.36. The molecule has 0 aromatic heterocycles. The zero-order valence-corrected chi connectivity index (χ0v) is 13.8. The van der Waals surface area contributed by atoms with Crippen LogP contribution in [-0.2, 0) is 6.42 Å². The molecule has 130 valence electrons. The van der Waals surface area contributed by atoms with Gasteiger partial charge >= 0.3 is 0 Å². The number of hydrogen-bond donors (Lipinski definition) is 7. The predicted molar refractivity (Wildman–Crippen MR) is 93.2 cm³/mol. The van der Waals surface area contributed by atoms with Crippen molar-refractivity contribution in [2.24, 2.45) is 5.73 Å². The quantitative estimate of drug-likeness (QED) is 0.332. The fourth-order valence-electron chi connectivity index (χ4n) is 3.30. The SMILES string of the molecule is NCC[SH]1c2cc(O)cc(O)c2C[C@@H](O)[C@@H]1c1ccc(O)c(O)c1. The third-order valence-electron chi connectivity index (χ3n) is 4.32. The molecule has 7 N–H and O–H groups in total. The number of nitrogens with two attached hydrogens (primary N) is 1. The Morgan fingerprint density at radius 3 is 2.42 bits per heavy atom. The smallest absolute Gasteiger partial charge is 0.157 e. The average Bonchev–Trinajstić information content (AvgIpc) is 2.52. The van der Waals surface area contributed by atoms with E-state index in [9.17, 15) is 25.5 Å². The van der Waals surface area contributed by atoms with Crippen molar-refractivity contribution in [3.63, 3.8) is 0 Å². The van der Waals surface area contributed by atoms with Gasteiger partial charge < -0.3 is 31.3 Å². The minimum absolute atomic E-state index is 0.0272. The molecule has 1 heterocycles. The van der Waals surface area contributed by atoms with Crippen LogP contribution >= 0.6 is 10.9 Å². The van der Waals surface area contributed by atoms with E-state index in [4.69, 9.17) is 5.73 Å². The van der Waals surface area contributed by atoms with E-state index >= 15 is 0 Å². The van der Waals surface area contributed by atoms with Crippen molar-refractivity contribution in [1.29, 1.82) is 0 Å². The summed E-state index contributed by atoms with van der Waals surface area (Å²) in [6, 6.07) is 7.40. The van der Waals surface area contributed by atoms with Crippen LogP contribution in [0.3, 0.4) is 0 Å². The molecule has 1 unspecified atom stereocenters. The summed E-state index contributed by atoms with van der Waals surface area (Å²) in [6.07, 6.45) is -0.508.